The molecule has 0 aliphatic carbocycles. The topological polar surface area (TPSA) is 127 Å². The number of hydrazone groups is 1. The predicted octanol–water partition coefficient (Wildman–Crippen LogP) is 0.203. The monoisotopic (exact) mass is 258 g/mol. The van der Waals surface area contributed by atoms with Gasteiger partial charge in [-0.25, -0.2) is 0 Å². The Morgan fingerprint density at radius 1 is 1.47 bits per heavy atom. The zero-order valence-corrected chi connectivity index (χ0v) is 10.4. The second-order valence-corrected chi connectivity index (χ2v) is 3.64. The Morgan fingerprint density at radius 3 is 2.58 bits per heavy atom. The largest absolute Gasteiger partial charge is 0.382 e. The molecule has 7 nitrogen and oxygen atoms in total. The van der Waals surface area contributed by atoms with Crippen LogP contribution in [0.2, 0.25) is 0 Å². The summed E-state index contributed by atoms with van der Waals surface area (Å²) in [5, 5.41) is 22.0. The number of hydrogen-bond acceptors (Lipinski definition) is 5. The van der Waals surface area contributed by atoms with Crippen molar-refractivity contribution in [2.75, 3.05) is 12.5 Å². The molecule has 1 amide bonds. The normalized spacial score (nSPS) is 10.4. The average Bonchev–Trinajstić information content (AvgIpc) is 2.40. The second kappa shape index (κ2) is 6.76. The third kappa shape index (κ3) is 4.47. The number of nitrogens with zero attached hydrogens (tertiary/aromatic N) is 2. The number of benzene rings is 1. The molecule has 0 aromatic heterocycles. The van der Waals surface area contributed by atoms with Gasteiger partial charge in [0.1, 0.15) is 6.07 Å². The molecule has 0 radical (unpaired) electrons. The number of nitrogens with two attached hydrogens (primary N) is 1. The summed E-state index contributed by atoms with van der Waals surface area (Å²) in [4.78, 5) is 11.2. The quantitative estimate of drug-likeness (QED) is 0.342. The van der Waals surface area contributed by atoms with Gasteiger partial charge in [-0.2, -0.15) is 10.4 Å². The summed E-state index contributed by atoms with van der Waals surface area (Å²) in [6, 6.07) is 8.68. The van der Waals surface area contributed by atoms with Gasteiger partial charge in [-0.1, -0.05) is 12.1 Å². The number of likely N-dealkylation sites (N-methyl/N-ethyl adjacent to an activating group) is 1. The fourth-order valence-corrected chi connectivity index (χ4v) is 1.24. The van der Waals surface area contributed by atoms with Gasteiger partial charge in [0, 0.05) is 7.05 Å². The third-order valence-corrected chi connectivity index (χ3v) is 2.26. The molecule has 0 spiro atoms. The van der Waals surface area contributed by atoms with Crippen LogP contribution in [0, 0.1) is 16.7 Å². The van der Waals surface area contributed by atoms with Crippen LogP contribution in [0.4, 0.5) is 5.69 Å². The molecule has 1 aromatic carbocycles. The number of nitrogens with one attached hydrogen (secondary N) is 3. The maximum atomic E-state index is 11.2. The van der Waals surface area contributed by atoms with Crippen LogP contribution >= 0.6 is 0 Å². The lowest BCUT2D eigenvalue weighted by Crippen LogP contribution is -2.21. The number of amidine groups is 1. The first-order valence-electron chi connectivity index (χ1n) is 5.44. The molecule has 0 heterocycles. The zero-order valence-electron chi connectivity index (χ0n) is 10.4. The van der Waals surface area contributed by atoms with E-state index in [9.17, 15) is 4.79 Å². The van der Waals surface area contributed by atoms with Gasteiger partial charge in [-0.05, 0) is 17.7 Å². The second-order valence-electron chi connectivity index (χ2n) is 3.64. The van der Waals surface area contributed by atoms with Gasteiger partial charge in [0.15, 0.2) is 5.84 Å². The number of amides is 1. The Kier molecular flexibility index (Phi) is 5.04. The van der Waals surface area contributed by atoms with Crippen molar-refractivity contribution in [2.24, 2.45) is 10.8 Å². The minimum atomic E-state index is -0.397. The van der Waals surface area contributed by atoms with Crippen LogP contribution in [-0.2, 0) is 11.2 Å². The van der Waals surface area contributed by atoms with Gasteiger partial charge in [-0.15, -0.1) is 0 Å². The fraction of sp³-hybridized carbons (Fsp3) is 0.167. The lowest BCUT2D eigenvalue weighted by Gasteiger charge is -2.03. The number of carbonyl (C=O) groups excluding carboxylic acids is 1. The smallest absolute Gasteiger partial charge is 0.224 e. The van der Waals surface area contributed by atoms with E-state index in [2.05, 4.69) is 15.8 Å². The van der Waals surface area contributed by atoms with Crippen molar-refractivity contribution in [3.05, 3.63) is 29.8 Å². The Morgan fingerprint density at radius 2 is 2.11 bits per heavy atom. The molecular weight excluding hydrogens is 244 g/mol. The highest BCUT2D eigenvalue weighted by molar-refractivity contribution is 6.45. The van der Waals surface area contributed by atoms with Crippen LogP contribution < -0.4 is 16.5 Å². The van der Waals surface area contributed by atoms with Crippen molar-refractivity contribution in [1.29, 1.82) is 10.7 Å². The van der Waals surface area contributed by atoms with Gasteiger partial charge in [0.25, 0.3) is 0 Å². The zero-order chi connectivity index (χ0) is 14.3. The number of carbonyl (C=O) groups is 1. The third-order valence-electron chi connectivity index (χ3n) is 2.26. The molecule has 5 N–H and O–H groups in total. The first-order valence-corrected chi connectivity index (χ1v) is 5.44. The molecule has 0 saturated carbocycles. The van der Waals surface area contributed by atoms with E-state index in [1.165, 1.54) is 0 Å². The van der Waals surface area contributed by atoms with Crippen LogP contribution in [0.15, 0.2) is 29.4 Å². The van der Waals surface area contributed by atoms with E-state index in [0.717, 1.165) is 5.56 Å². The molecule has 0 saturated heterocycles. The molecule has 19 heavy (non-hydrogen) atoms. The molecule has 0 unspecified atom stereocenters. The molecule has 1 rings (SSSR count). The van der Waals surface area contributed by atoms with Crippen molar-refractivity contribution in [2.45, 2.75) is 6.42 Å². The number of hydrogen-bond donors (Lipinski definition) is 4. The van der Waals surface area contributed by atoms with E-state index < -0.39 is 5.84 Å². The predicted molar refractivity (Wildman–Crippen MR) is 72.8 cm³/mol. The summed E-state index contributed by atoms with van der Waals surface area (Å²) in [6.45, 7) is 0. The molecule has 0 atom stereocenters. The first kappa shape index (κ1) is 14.2. The van der Waals surface area contributed by atoms with Gasteiger partial charge in [-0.3, -0.25) is 15.6 Å². The number of nitriles is 1. The van der Waals surface area contributed by atoms with Gasteiger partial charge >= 0.3 is 0 Å². The highest BCUT2D eigenvalue weighted by Gasteiger charge is 2.02. The van der Waals surface area contributed by atoms with Crippen LogP contribution in [0.5, 0.6) is 0 Å². The van der Waals surface area contributed by atoms with E-state index in [0.29, 0.717) is 12.1 Å². The van der Waals surface area contributed by atoms with Crippen molar-refractivity contribution in [3.8, 4) is 6.07 Å². The maximum absolute atomic E-state index is 11.2. The van der Waals surface area contributed by atoms with E-state index in [1.807, 2.05) is 0 Å². The summed E-state index contributed by atoms with van der Waals surface area (Å²) in [5.41, 5.74) is 9.08. The summed E-state index contributed by atoms with van der Waals surface area (Å²) < 4.78 is 0. The summed E-state index contributed by atoms with van der Waals surface area (Å²) >= 11 is 0. The van der Waals surface area contributed by atoms with Gasteiger partial charge in [0.2, 0.25) is 11.6 Å². The minimum Gasteiger partial charge on any atom is -0.382 e. The molecular formula is C12H14N6O. The Labute approximate surface area is 110 Å². The minimum absolute atomic E-state index is 0.0675. The van der Waals surface area contributed by atoms with Crippen LogP contribution in [0.3, 0.4) is 0 Å². The average molecular weight is 258 g/mol. The van der Waals surface area contributed by atoms with Crippen molar-refractivity contribution in [1.82, 2.24) is 5.32 Å². The molecule has 0 bridgehead atoms. The van der Waals surface area contributed by atoms with Crippen molar-refractivity contribution >= 4 is 23.1 Å². The highest BCUT2D eigenvalue weighted by Crippen LogP contribution is 2.10. The fourth-order valence-electron chi connectivity index (χ4n) is 1.24. The number of rotatable bonds is 5. The molecule has 0 fully saturated rings. The lowest BCUT2D eigenvalue weighted by atomic mass is 10.1. The molecule has 98 valence electrons. The molecule has 7 heteroatoms. The molecule has 0 aliphatic rings. The van der Waals surface area contributed by atoms with Gasteiger partial charge in [0.05, 0.1) is 12.1 Å². The Hall–Kier alpha value is -2.88. The summed E-state index contributed by atoms with van der Waals surface area (Å²) in [5.74, 6) is -0.465. The van der Waals surface area contributed by atoms with E-state index in [4.69, 9.17) is 16.4 Å². The van der Waals surface area contributed by atoms with E-state index in [-0.39, 0.29) is 11.6 Å². The van der Waals surface area contributed by atoms with Crippen LogP contribution in [0.1, 0.15) is 5.56 Å². The first-order chi connectivity index (χ1) is 9.06. The Balaban J connectivity index is 2.70. The van der Waals surface area contributed by atoms with E-state index in [1.54, 1.807) is 37.4 Å². The Bertz CT molecular complexity index is 540. The highest BCUT2D eigenvalue weighted by atomic mass is 16.1. The van der Waals surface area contributed by atoms with Crippen molar-refractivity contribution in [3.63, 3.8) is 0 Å². The molecule has 0 aliphatic heterocycles. The van der Waals surface area contributed by atoms with Crippen LogP contribution in [-0.4, -0.2) is 24.5 Å². The lowest BCUT2D eigenvalue weighted by molar-refractivity contribution is -0.119. The SMILES string of the molecule is CNC(=O)Cc1ccc(N/N=C(\C#N)C(=N)N)cc1. The standard InChI is InChI=1S/C12H14N6O/c1-16-11(19)6-8-2-4-9(5-3-8)17-18-10(7-13)12(14)15/h2-5,17H,6H2,1H3,(H3,14,15)(H,16,19)/b18-10+. The maximum Gasteiger partial charge on any atom is 0.224 e. The van der Waals surface area contributed by atoms with E-state index >= 15 is 0 Å². The summed E-state index contributed by atoms with van der Waals surface area (Å²) in [6.07, 6.45) is 0.303. The summed E-state index contributed by atoms with van der Waals surface area (Å²) in [7, 11) is 1.58. The number of anilines is 1. The molecule has 1 aromatic rings. The van der Waals surface area contributed by atoms with Gasteiger partial charge < -0.3 is 11.1 Å². The van der Waals surface area contributed by atoms with Crippen molar-refractivity contribution < 1.29 is 4.79 Å². The van der Waals surface area contributed by atoms with Crippen LogP contribution in [0.25, 0.3) is 0 Å².